The molecule has 0 aromatic heterocycles. The fourth-order valence-corrected chi connectivity index (χ4v) is 3.49. The Morgan fingerprint density at radius 2 is 1.85 bits per heavy atom. The van der Waals surface area contributed by atoms with Crippen molar-refractivity contribution in [2.45, 2.75) is 83.4 Å². The minimum atomic E-state index is -0.414. The van der Waals surface area contributed by atoms with Crippen LogP contribution in [-0.2, 0) is 4.74 Å². The molecule has 1 aliphatic heterocycles. The molecule has 20 heavy (non-hydrogen) atoms. The molecule has 1 saturated carbocycles. The zero-order valence-corrected chi connectivity index (χ0v) is 13.3. The van der Waals surface area contributed by atoms with E-state index >= 15 is 0 Å². The minimum Gasteiger partial charge on any atom is -0.444 e. The highest BCUT2D eigenvalue weighted by Gasteiger charge is 2.31. The summed E-state index contributed by atoms with van der Waals surface area (Å²) in [5.41, 5.74) is -0.414. The molecule has 0 aromatic rings. The largest absolute Gasteiger partial charge is 0.444 e. The molecular weight excluding hydrogens is 252 g/mol. The summed E-state index contributed by atoms with van der Waals surface area (Å²) in [4.78, 5) is 14.4. The molecular formula is C16H30N2O2. The third kappa shape index (κ3) is 4.65. The highest BCUT2D eigenvalue weighted by Crippen LogP contribution is 2.28. The standard InChI is InChI=1S/C16H30N2O2/c1-16(2,3)20-15(19)17-12-14-10-7-11-18(14)13-8-5-4-6-9-13/h13-14H,4-12H2,1-3H3,(H,17,19)/t14-/m1/s1. The topological polar surface area (TPSA) is 41.6 Å². The average Bonchev–Trinajstić information content (AvgIpc) is 2.83. The molecule has 116 valence electrons. The molecule has 0 radical (unpaired) electrons. The SMILES string of the molecule is CC(C)(C)OC(=O)NC[C@H]1CCCN1C1CCCCC1. The van der Waals surface area contributed by atoms with Gasteiger partial charge in [0.05, 0.1) is 0 Å². The van der Waals surface area contributed by atoms with Crippen LogP contribution in [0.25, 0.3) is 0 Å². The van der Waals surface area contributed by atoms with Crippen molar-refractivity contribution in [3.8, 4) is 0 Å². The van der Waals surface area contributed by atoms with Crippen LogP contribution in [-0.4, -0.2) is 41.8 Å². The lowest BCUT2D eigenvalue weighted by Crippen LogP contribution is -2.46. The monoisotopic (exact) mass is 282 g/mol. The van der Waals surface area contributed by atoms with Crippen LogP contribution in [0.1, 0.15) is 65.7 Å². The van der Waals surface area contributed by atoms with Gasteiger partial charge in [-0.25, -0.2) is 4.79 Å². The van der Waals surface area contributed by atoms with E-state index in [-0.39, 0.29) is 6.09 Å². The van der Waals surface area contributed by atoms with E-state index in [0.29, 0.717) is 6.04 Å². The molecule has 0 unspecified atom stereocenters. The summed E-state index contributed by atoms with van der Waals surface area (Å²) in [6.45, 7) is 7.63. The molecule has 1 aliphatic carbocycles. The van der Waals surface area contributed by atoms with E-state index < -0.39 is 5.60 Å². The maximum absolute atomic E-state index is 11.7. The summed E-state index contributed by atoms with van der Waals surface area (Å²) >= 11 is 0. The Balaban J connectivity index is 1.77. The van der Waals surface area contributed by atoms with Crippen LogP contribution in [0.4, 0.5) is 4.79 Å². The van der Waals surface area contributed by atoms with Gasteiger partial charge in [0.2, 0.25) is 0 Å². The van der Waals surface area contributed by atoms with Crippen molar-refractivity contribution in [3.63, 3.8) is 0 Å². The predicted octanol–water partition coefficient (Wildman–Crippen LogP) is 3.31. The van der Waals surface area contributed by atoms with Crippen LogP contribution in [0.5, 0.6) is 0 Å². The summed E-state index contributed by atoms with van der Waals surface area (Å²) < 4.78 is 5.31. The van der Waals surface area contributed by atoms with Crippen molar-refractivity contribution in [2.24, 2.45) is 0 Å². The Morgan fingerprint density at radius 1 is 1.15 bits per heavy atom. The second-order valence-corrected chi connectivity index (χ2v) is 7.21. The van der Waals surface area contributed by atoms with Gasteiger partial charge >= 0.3 is 6.09 Å². The third-order valence-electron chi connectivity index (χ3n) is 4.35. The fourth-order valence-electron chi connectivity index (χ4n) is 3.49. The Morgan fingerprint density at radius 3 is 2.50 bits per heavy atom. The van der Waals surface area contributed by atoms with E-state index in [1.54, 1.807) is 0 Å². The minimum absolute atomic E-state index is 0.284. The molecule has 1 N–H and O–H groups in total. The number of ether oxygens (including phenoxy) is 1. The van der Waals surface area contributed by atoms with E-state index in [4.69, 9.17) is 4.74 Å². The fraction of sp³-hybridized carbons (Fsp3) is 0.938. The molecule has 4 nitrogen and oxygen atoms in total. The van der Waals surface area contributed by atoms with E-state index in [1.807, 2.05) is 20.8 Å². The quantitative estimate of drug-likeness (QED) is 0.863. The van der Waals surface area contributed by atoms with E-state index in [0.717, 1.165) is 12.6 Å². The Bertz CT molecular complexity index is 319. The van der Waals surface area contributed by atoms with Gasteiger partial charge < -0.3 is 10.1 Å². The zero-order chi connectivity index (χ0) is 14.6. The first kappa shape index (κ1) is 15.6. The molecule has 2 fully saturated rings. The Kier molecular flexibility index (Phi) is 5.30. The van der Waals surface area contributed by atoms with Gasteiger partial charge in [0.15, 0.2) is 0 Å². The molecule has 0 aromatic carbocycles. The molecule has 2 aliphatic rings. The summed E-state index contributed by atoms with van der Waals surface area (Å²) in [5, 5.41) is 2.95. The van der Waals surface area contributed by atoms with Gasteiger partial charge in [-0.05, 0) is 53.0 Å². The average molecular weight is 282 g/mol. The van der Waals surface area contributed by atoms with Crippen LogP contribution in [0.2, 0.25) is 0 Å². The molecule has 0 bridgehead atoms. The van der Waals surface area contributed by atoms with Gasteiger partial charge in [-0.3, -0.25) is 4.90 Å². The maximum Gasteiger partial charge on any atom is 0.407 e. The number of alkyl carbamates (subject to hydrolysis) is 1. The number of nitrogens with zero attached hydrogens (tertiary/aromatic N) is 1. The van der Waals surface area contributed by atoms with Gasteiger partial charge in [0.25, 0.3) is 0 Å². The van der Waals surface area contributed by atoms with E-state index in [2.05, 4.69) is 10.2 Å². The van der Waals surface area contributed by atoms with Crippen molar-refractivity contribution in [3.05, 3.63) is 0 Å². The van der Waals surface area contributed by atoms with Gasteiger partial charge in [-0.15, -0.1) is 0 Å². The normalized spacial score (nSPS) is 25.6. The number of hydrogen-bond acceptors (Lipinski definition) is 3. The van der Waals surface area contributed by atoms with Crippen LogP contribution in [0, 0.1) is 0 Å². The van der Waals surface area contributed by atoms with Crippen molar-refractivity contribution in [2.75, 3.05) is 13.1 Å². The number of nitrogens with one attached hydrogen (secondary N) is 1. The van der Waals surface area contributed by atoms with Crippen molar-refractivity contribution in [1.82, 2.24) is 10.2 Å². The highest BCUT2D eigenvalue weighted by molar-refractivity contribution is 5.67. The maximum atomic E-state index is 11.7. The van der Waals surface area contributed by atoms with E-state index in [1.165, 1.54) is 51.5 Å². The lowest BCUT2D eigenvalue weighted by Gasteiger charge is -2.35. The lowest BCUT2D eigenvalue weighted by molar-refractivity contribution is 0.0501. The number of amides is 1. The van der Waals surface area contributed by atoms with Gasteiger partial charge in [-0.1, -0.05) is 19.3 Å². The van der Waals surface area contributed by atoms with Crippen molar-refractivity contribution in [1.29, 1.82) is 0 Å². The lowest BCUT2D eigenvalue weighted by atomic mass is 9.94. The number of hydrogen-bond donors (Lipinski definition) is 1. The van der Waals surface area contributed by atoms with Crippen LogP contribution in [0.3, 0.4) is 0 Å². The first-order valence-electron chi connectivity index (χ1n) is 8.18. The predicted molar refractivity (Wildman–Crippen MR) is 80.8 cm³/mol. The zero-order valence-electron chi connectivity index (χ0n) is 13.3. The summed E-state index contributed by atoms with van der Waals surface area (Å²) in [6.07, 6.45) is 8.98. The Hall–Kier alpha value is -0.770. The van der Waals surface area contributed by atoms with E-state index in [9.17, 15) is 4.79 Å². The molecule has 0 spiro atoms. The summed E-state index contributed by atoms with van der Waals surface area (Å²) in [7, 11) is 0. The van der Waals surface area contributed by atoms with Crippen molar-refractivity contribution < 1.29 is 9.53 Å². The summed E-state index contributed by atoms with van der Waals surface area (Å²) in [6, 6.07) is 1.25. The smallest absolute Gasteiger partial charge is 0.407 e. The van der Waals surface area contributed by atoms with Gasteiger partial charge in [0, 0.05) is 18.6 Å². The molecule has 1 heterocycles. The van der Waals surface area contributed by atoms with Crippen LogP contribution < -0.4 is 5.32 Å². The third-order valence-corrected chi connectivity index (χ3v) is 4.35. The molecule has 1 atom stereocenters. The van der Waals surface area contributed by atoms with Crippen molar-refractivity contribution >= 4 is 6.09 Å². The van der Waals surface area contributed by atoms with Crippen LogP contribution in [0.15, 0.2) is 0 Å². The number of carbonyl (C=O) groups is 1. The Labute approximate surface area is 123 Å². The second kappa shape index (κ2) is 6.79. The second-order valence-electron chi connectivity index (χ2n) is 7.21. The first-order valence-corrected chi connectivity index (χ1v) is 8.18. The summed E-state index contributed by atoms with van der Waals surface area (Å²) in [5.74, 6) is 0. The first-order chi connectivity index (χ1) is 9.46. The molecule has 1 saturated heterocycles. The highest BCUT2D eigenvalue weighted by atomic mass is 16.6. The van der Waals surface area contributed by atoms with Gasteiger partial charge in [0.1, 0.15) is 5.60 Å². The number of likely N-dealkylation sites (tertiary alicyclic amines) is 1. The molecule has 4 heteroatoms. The van der Waals surface area contributed by atoms with Crippen LogP contribution >= 0.6 is 0 Å². The van der Waals surface area contributed by atoms with Gasteiger partial charge in [-0.2, -0.15) is 0 Å². The number of carbonyl (C=O) groups excluding carboxylic acids is 1. The molecule has 2 rings (SSSR count). The number of rotatable bonds is 3. The molecule has 1 amide bonds.